The van der Waals surface area contributed by atoms with Gasteiger partial charge in [-0.3, -0.25) is 4.90 Å². The summed E-state index contributed by atoms with van der Waals surface area (Å²) in [6, 6.07) is 1.49. The van der Waals surface area contributed by atoms with Crippen molar-refractivity contribution in [1.82, 2.24) is 9.80 Å². The van der Waals surface area contributed by atoms with E-state index in [0.29, 0.717) is 6.04 Å². The first-order chi connectivity index (χ1) is 8.90. The summed E-state index contributed by atoms with van der Waals surface area (Å²) in [7, 11) is 0. The van der Waals surface area contributed by atoms with Crippen LogP contribution in [0.1, 0.15) is 53.4 Å². The molecular weight excluding hydrogens is 240 g/mol. The Labute approximate surface area is 117 Å². The van der Waals surface area contributed by atoms with Gasteiger partial charge in [-0.1, -0.05) is 6.92 Å². The van der Waals surface area contributed by atoms with Crippen molar-refractivity contribution in [2.24, 2.45) is 0 Å². The molecule has 0 spiro atoms. The van der Waals surface area contributed by atoms with Crippen molar-refractivity contribution < 1.29 is 9.53 Å². The van der Waals surface area contributed by atoms with E-state index in [2.05, 4.69) is 11.8 Å². The molecule has 0 unspecified atom stereocenters. The van der Waals surface area contributed by atoms with Crippen molar-refractivity contribution in [3.05, 3.63) is 0 Å². The van der Waals surface area contributed by atoms with E-state index < -0.39 is 5.60 Å². The zero-order valence-electron chi connectivity index (χ0n) is 12.8. The second kappa shape index (κ2) is 5.70. The van der Waals surface area contributed by atoms with Crippen LogP contribution in [0.25, 0.3) is 0 Å². The summed E-state index contributed by atoms with van der Waals surface area (Å²) in [5.41, 5.74) is -0.391. The standard InChI is InChI=1S/C15H28N2O2/c1-5-17(12-6-7-12)13-8-10-16(11-9-13)14(18)19-15(2,3)4/h12-13H,5-11H2,1-4H3. The highest BCUT2D eigenvalue weighted by Gasteiger charge is 2.35. The average molecular weight is 268 g/mol. The molecule has 0 bridgehead atoms. The van der Waals surface area contributed by atoms with Crippen LogP contribution < -0.4 is 0 Å². The maximum atomic E-state index is 12.0. The number of hydrogen-bond donors (Lipinski definition) is 0. The molecule has 19 heavy (non-hydrogen) atoms. The Morgan fingerprint density at radius 3 is 2.11 bits per heavy atom. The molecule has 4 heteroatoms. The molecular formula is C15H28N2O2. The van der Waals surface area contributed by atoms with Gasteiger partial charge < -0.3 is 9.64 Å². The predicted molar refractivity (Wildman–Crippen MR) is 76.2 cm³/mol. The van der Waals surface area contributed by atoms with Gasteiger partial charge in [-0.05, 0) is 53.0 Å². The lowest BCUT2D eigenvalue weighted by molar-refractivity contribution is 0.0141. The van der Waals surface area contributed by atoms with Crippen molar-refractivity contribution in [2.75, 3.05) is 19.6 Å². The molecule has 0 radical (unpaired) electrons. The molecule has 2 fully saturated rings. The molecule has 0 aromatic heterocycles. The first kappa shape index (κ1) is 14.6. The van der Waals surface area contributed by atoms with Gasteiger partial charge in [-0.2, -0.15) is 0 Å². The van der Waals surface area contributed by atoms with Crippen LogP contribution in [0.2, 0.25) is 0 Å². The third-order valence-electron chi connectivity index (χ3n) is 3.97. The van der Waals surface area contributed by atoms with E-state index in [1.54, 1.807) is 0 Å². The quantitative estimate of drug-likeness (QED) is 0.789. The number of piperidine rings is 1. The number of ether oxygens (including phenoxy) is 1. The molecule has 1 saturated heterocycles. The maximum Gasteiger partial charge on any atom is 0.410 e. The van der Waals surface area contributed by atoms with Gasteiger partial charge in [0.05, 0.1) is 0 Å². The summed E-state index contributed by atoms with van der Waals surface area (Å²) < 4.78 is 5.43. The Morgan fingerprint density at radius 2 is 1.68 bits per heavy atom. The smallest absolute Gasteiger partial charge is 0.410 e. The lowest BCUT2D eigenvalue weighted by Gasteiger charge is -2.38. The lowest BCUT2D eigenvalue weighted by Crippen LogP contribution is -2.48. The van der Waals surface area contributed by atoms with Crippen molar-refractivity contribution in [3.8, 4) is 0 Å². The summed E-state index contributed by atoms with van der Waals surface area (Å²) in [4.78, 5) is 16.5. The highest BCUT2D eigenvalue weighted by molar-refractivity contribution is 5.68. The molecule has 1 aliphatic heterocycles. The second-order valence-corrected chi connectivity index (χ2v) is 6.76. The molecule has 0 N–H and O–H groups in total. The van der Waals surface area contributed by atoms with Crippen LogP contribution in [0.3, 0.4) is 0 Å². The monoisotopic (exact) mass is 268 g/mol. The van der Waals surface area contributed by atoms with Gasteiger partial charge in [0, 0.05) is 25.2 Å². The van der Waals surface area contributed by atoms with Gasteiger partial charge in [-0.25, -0.2) is 4.79 Å². The first-order valence-corrected chi connectivity index (χ1v) is 7.64. The van der Waals surface area contributed by atoms with Crippen LogP contribution in [-0.2, 0) is 4.74 Å². The topological polar surface area (TPSA) is 32.8 Å². The van der Waals surface area contributed by atoms with Crippen LogP contribution in [0.4, 0.5) is 4.79 Å². The highest BCUT2D eigenvalue weighted by atomic mass is 16.6. The van der Waals surface area contributed by atoms with Crippen LogP contribution in [0.15, 0.2) is 0 Å². The fourth-order valence-electron chi connectivity index (χ4n) is 2.93. The van der Waals surface area contributed by atoms with Crippen molar-refractivity contribution in [1.29, 1.82) is 0 Å². The Balaban J connectivity index is 1.80. The number of rotatable bonds is 3. The fraction of sp³-hybridized carbons (Fsp3) is 0.933. The van der Waals surface area contributed by atoms with Gasteiger partial charge in [0.1, 0.15) is 5.60 Å². The van der Waals surface area contributed by atoms with Crippen LogP contribution in [-0.4, -0.2) is 53.2 Å². The Kier molecular flexibility index (Phi) is 4.39. The largest absolute Gasteiger partial charge is 0.444 e. The Bertz CT molecular complexity index is 313. The van der Waals surface area contributed by atoms with Crippen molar-refractivity contribution >= 4 is 6.09 Å². The third kappa shape index (κ3) is 4.10. The van der Waals surface area contributed by atoms with Gasteiger partial charge >= 0.3 is 6.09 Å². The molecule has 2 aliphatic rings. The molecule has 2 rings (SSSR count). The molecule has 1 aliphatic carbocycles. The van der Waals surface area contributed by atoms with E-state index in [4.69, 9.17) is 4.74 Å². The number of nitrogens with zero attached hydrogens (tertiary/aromatic N) is 2. The first-order valence-electron chi connectivity index (χ1n) is 7.64. The van der Waals surface area contributed by atoms with Gasteiger partial charge in [0.15, 0.2) is 0 Å². The van der Waals surface area contributed by atoms with Gasteiger partial charge in [0.25, 0.3) is 0 Å². The molecule has 0 aromatic rings. The van der Waals surface area contributed by atoms with E-state index in [1.807, 2.05) is 25.7 Å². The lowest BCUT2D eigenvalue weighted by atomic mass is 10.0. The van der Waals surface area contributed by atoms with Gasteiger partial charge in [-0.15, -0.1) is 0 Å². The summed E-state index contributed by atoms with van der Waals surface area (Å²) in [5.74, 6) is 0. The third-order valence-corrected chi connectivity index (χ3v) is 3.97. The molecule has 110 valence electrons. The number of hydrogen-bond acceptors (Lipinski definition) is 3. The predicted octanol–water partition coefficient (Wildman–Crippen LogP) is 2.87. The molecule has 0 aromatic carbocycles. The normalized spacial score (nSPS) is 21.8. The zero-order valence-corrected chi connectivity index (χ0v) is 12.8. The van der Waals surface area contributed by atoms with E-state index >= 15 is 0 Å². The Hall–Kier alpha value is -0.770. The Morgan fingerprint density at radius 1 is 1.16 bits per heavy atom. The van der Waals surface area contributed by atoms with Crippen LogP contribution >= 0.6 is 0 Å². The van der Waals surface area contributed by atoms with Crippen molar-refractivity contribution in [2.45, 2.75) is 71.1 Å². The summed E-state index contributed by atoms with van der Waals surface area (Å²) in [6.45, 7) is 10.8. The molecule has 1 saturated carbocycles. The summed E-state index contributed by atoms with van der Waals surface area (Å²) >= 11 is 0. The highest BCUT2D eigenvalue weighted by Crippen LogP contribution is 2.31. The van der Waals surface area contributed by atoms with Crippen LogP contribution in [0.5, 0.6) is 0 Å². The molecule has 1 amide bonds. The number of likely N-dealkylation sites (tertiary alicyclic amines) is 1. The fourth-order valence-corrected chi connectivity index (χ4v) is 2.93. The SMILES string of the molecule is CCN(C1CC1)C1CCN(C(=O)OC(C)(C)C)CC1. The van der Waals surface area contributed by atoms with Gasteiger partial charge in [0.2, 0.25) is 0 Å². The number of carbonyl (C=O) groups excluding carboxylic acids is 1. The molecule has 1 heterocycles. The summed E-state index contributed by atoms with van der Waals surface area (Å²) in [5, 5.41) is 0. The maximum absolute atomic E-state index is 12.0. The number of amides is 1. The average Bonchev–Trinajstić information content (AvgIpc) is 3.13. The minimum Gasteiger partial charge on any atom is -0.444 e. The van der Waals surface area contributed by atoms with E-state index in [0.717, 1.165) is 38.5 Å². The second-order valence-electron chi connectivity index (χ2n) is 6.76. The van der Waals surface area contributed by atoms with Crippen LogP contribution in [0, 0.1) is 0 Å². The minimum absolute atomic E-state index is 0.152. The summed E-state index contributed by atoms with van der Waals surface area (Å²) in [6.07, 6.45) is 4.74. The zero-order chi connectivity index (χ0) is 14.0. The molecule has 4 nitrogen and oxygen atoms in total. The van der Waals surface area contributed by atoms with E-state index in [1.165, 1.54) is 12.8 Å². The van der Waals surface area contributed by atoms with Crippen molar-refractivity contribution in [3.63, 3.8) is 0 Å². The minimum atomic E-state index is -0.391. The van der Waals surface area contributed by atoms with E-state index in [-0.39, 0.29) is 6.09 Å². The van der Waals surface area contributed by atoms with E-state index in [9.17, 15) is 4.79 Å². The number of carbonyl (C=O) groups is 1. The molecule has 0 atom stereocenters.